The number of hydrogen-bond donors (Lipinski definition) is 1. The Balaban J connectivity index is 2.10. The maximum Gasteiger partial charge on any atom is 0.337 e. The molecule has 120 valence electrons. The third-order valence-corrected chi connectivity index (χ3v) is 3.62. The summed E-state index contributed by atoms with van der Waals surface area (Å²) >= 11 is 6.25. The number of aromatic nitrogens is 3. The topological polar surface area (TPSA) is 84.9 Å². The van der Waals surface area contributed by atoms with Gasteiger partial charge in [0.15, 0.2) is 5.82 Å². The zero-order valence-electron chi connectivity index (χ0n) is 12.6. The first kappa shape index (κ1) is 15.9. The molecule has 0 unspecified atom stereocenters. The molecule has 1 N–H and O–H groups in total. The number of nitrogens with one attached hydrogen (secondary N) is 1. The maximum absolute atomic E-state index is 12.2. The Morgan fingerprint density at radius 3 is 2.88 bits per heavy atom. The molecule has 0 amide bonds. The molecule has 1 aromatic carbocycles. The summed E-state index contributed by atoms with van der Waals surface area (Å²) in [6.07, 6.45) is 4.93. The van der Waals surface area contributed by atoms with Crippen molar-refractivity contribution in [3.8, 4) is 0 Å². The van der Waals surface area contributed by atoms with Gasteiger partial charge in [-0.2, -0.15) is 0 Å². The van der Waals surface area contributed by atoms with Crippen molar-refractivity contribution in [3.63, 3.8) is 0 Å². The molecule has 6 nitrogen and oxygen atoms in total. The quantitative estimate of drug-likeness (QED) is 0.740. The fourth-order valence-electron chi connectivity index (χ4n) is 2.17. The van der Waals surface area contributed by atoms with Gasteiger partial charge >= 0.3 is 5.97 Å². The largest absolute Gasteiger partial charge is 0.465 e. The molecule has 0 bridgehead atoms. The van der Waals surface area contributed by atoms with Crippen LogP contribution in [0.2, 0.25) is 0 Å². The SMILES string of the molecule is COC(=O)c1ccc2c(=O)[nH]c(/C(Cl)=C/c3cccnc3)nc2c1. The molecule has 0 aliphatic carbocycles. The van der Waals surface area contributed by atoms with E-state index in [4.69, 9.17) is 11.6 Å². The van der Waals surface area contributed by atoms with E-state index >= 15 is 0 Å². The molecule has 0 aliphatic rings. The van der Waals surface area contributed by atoms with Crippen LogP contribution in [0.3, 0.4) is 0 Å². The van der Waals surface area contributed by atoms with Gasteiger partial charge in [-0.05, 0) is 35.9 Å². The van der Waals surface area contributed by atoms with Crippen LogP contribution in [0.5, 0.6) is 0 Å². The Morgan fingerprint density at radius 1 is 1.33 bits per heavy atom. The van der Waals surface area contributed by atoms with Crippen molar-refractivity contribution in [2.45, 2.75) is 0 Å². The third-order valence-electron chi connectivity index (χ3n) is 3.33. The zero-order valence-corrected chi connectivity index (χ0v) is 13.4. The Bertz CT molecular complexity index is 997. The minimum absolute atomic E-state index is 0.208. The van der Waals surface area contributed by atoms with Crippen molar-refractivity contribution < 1.29 is 9.53 Å². The van der Waals surface area contributed by atoms with Gasteiger partial charge in [-0.1, -0.05) is 17.7 Å². The van der Waals surface area contributed by atoms with Gasteiger partial charge in [0.05, 0.1) is 28.6 Å². The van der Waals surface area contributed by atoms with Gasteiger partial charge < -0.3 is 9.72 Å². The van der Waals surface area contributed by atoms with E-state index in [1.165, 1.54) is 25.3 Å². The van der Waals surface area contributed by atoms with E-state index in [9.17, 15) is 9.59 Å². The highest BCUT2D eigenvalue weighted by atomic mass is 35.5. The van der Waals surface area contributed by atoms with Gasteiger partial charge in [-0.25, -0.2) is 9.78 Å². The second-order valence-corrected chi connectivity index (χ2v) is 5.32. The van der Waals surface area contributed by atoms with Crippen LogP contribution in [0.25, 0.3) is 22.0 Å². The van der Waals surface area contributed by atoms with Crippen LogP contribution < -0.4 is 5.56 Å². The summed E-state index contributed by atoms with van der Waals surface area (Å²) in [6.45, 7) is 0. The number of fused-ring (bicyclic) bond motifs is 1. The average molecular weight is 342 g/mol. The number of pyridine rings is 1. The van der Waals surface area contributed by atoms with Gasteiger partial charge in [0, 0.05) is 12.4 Å². The van der Waals surface area contributed by atoms with Crippen molar-refractivity contribution in [3.05, 3.63) is 70.0 Å². The molecule has 0 atom stereocenters. The van der Waals surface area contributed by atoms with Crippen molar-refractivity contribution in [2.24, 2.45) is 0 Å². The summed E-state index contributed by atoms with van der Waals surface area (Å²) in [6, 6.07) is 8.13. The minimum atomic E-state index is -0.502. The Morgan fingerprint density at radius 2 is 2.17 bits per heavy atom. The maximum atomic E-state index is 12.2. The summed E-state index contributed by atoms with van der Waals surface area (Å²) in [5.41, 5.74) is 1.09. The first-order valence-electron chi connectivity index (χ1n) is 6.98. The standard InChI is InChI=1S/C17H12ClN3O3/c1-24-17(23)11-4-5-12-14(8-11)20-15(21-16(12)22)13(18)7-10-3-2-6-19-9-10/h2-9H,1H3,(H,20,21,22)/b13-7-. The molecule has 7 heteroatoms. The summed E-state index contributed by atoms with van der Waals surface area (Å²) in [7, 11) is 1.29. The van der Waals surface area contributed by atoms with E-state index < -0.39 is 5.97 Å². The van der Waals surface area contributed by atoms with Crippen LogP contribution in [0.4, 0.5) is 0 Å². The lowest BCUT2D eigenvalue weighted by Gasteiger charge is -2.04. The number of aromatic amines is 1. The monoisotopic (exact) mass is 341 g/mol. The number of carbonyl (C=O) groups is 1. The Labute approximate surface area is 141 Å². The van der Waals surface area contributed by atoms with E-state index in [-0.39, 0.29) is 16.4 Å². The van der Waals surface area contributed by atoms with Gasteiger partial charge in [-0.3, -0.25) is 9.78 Å². The molecule has 2 heterocycles. The highest BCUT2D eigenvalue weighted by molar-refractivity contribution is 6.50. The molecule has 2 aromatic heterocycles. The van der Waals surface area contributed by atoms with Crippen molar-refractivity contribution >= 4 is 39.6 Å². The molecule has 0 fully saturated rings. The van der Waals surface area contributed by atoms with Crippen LogP contribution >= 0.6 is 11.6 Å². The second-order valence-electron chi connectivity index (χ2n) is 4.92. The number of ether oxygens (including phenoxy) is 1. The number of carbonyl (C=O) groups excluding carboxylic acids is 1. The number of rotatable bonds is 3. The van der Waals surface area contributed by atoms with Crippen molar-refractivity contribution in [1.82, 2.24) is 15.0 Å². The van der Waals surface area contributed by atoms with Crippen LogP contribution in [0.15, 0.2) is 47.5 Å². The molecule has 0 aliphatic heterocycles. The van der Waals surface area contributed by atoms with E-state index in [1.54, 1.807) is 24.5 Å². The van der Waals surface area contributed by atoms with Crippen LogP contribution in [0.1, 0.15) is 21.7 Å². The third kappa shape index (κ3) is 3.18. The number of nitrogens with zero attached hydrogens (tertiary/aromatic N) is 2. The number of esters is 1. The highest BCUT2D eigenvalue weighted by Gasteiger charge is 2.11. The first-order chi connectivity index (χ1) is 11.6. The summed E-state index contributed by atoms with van der Waals surface area (Å²) in [5.74, 6) is -0.294. The van der Waals surface area contributed by atoms with Gasteiger partial charge in [-0.15, -0.1) is 0 Å². The Hall–Kier alpha value is -2.99. The first-order valence-corrected chi connectivity index (χ1v) is 7.36. The molecular weight excluding hydrogens is 330 g/mol. The van der Waals surface area contributed by atoms with Crippen LogP contribution in [-0.4, -0.2) is 28.0 Å². The molecule has 0 radical (unpaired) electrons. The number of halogens is 1. The second kappa shape index (κ2) is 6.64. The lowest BCUT2D eigenvalue weighted by Crippen LogP contribution is -2.11. The number of hydrogen-bond acceptors (Lipinski definition) is 5. The van der Waals surface area contributed by atoms with Crippen LogP contribution in [-0.2, 0) is 4.74 Å². The van der Waals surface area contributed by atoms with Crippen molar-refractivity contribution in [1.29, 1.82) is 0 Å². The smallest absolute Gasteiger partial charge is 0.337 e. The lowest BCUT2D eigenvalue weighted by atomic mass is 10.1. The fourth-order valence-corrected chi connectivity index (χ4v) is 2.39. The molecular formula is C17H12ClN3O3. The van der Waals surface area contributed by atoms with Gasteiger partial charge in [0.25, 0.3) is 5.56 Å². The fraction of sp³-hybridized carbons (Fsp3) is 0.0588. The summed E-state index contributed by atoms with van der Waals surface area (Å²) in [5, 5.41) is 0.614. The van der Waals surface area contributed by atoms with E-state index in [1.807, 2.05) is 6.07 Å². The predicted octanol–water partition coefficient (Wildman–Crippen LogP) is 2.84. The van der Waals surface area contributed by atoms with Crippen molar-refractivity contribution in [2.75, 3.05) is 7.11 Å². The predicted molar refractivity (Wildman–Crippen MR) is 91.7 cm³/mol. The average Bonchev–Trinajstić information content (AvgIpc) is 2.61. The highest BCUT2D eigenvalue weighted by Crippen LogP contribution is 2.20. The van der Waals surface area contributed by atoms with E-state index in [0.29, 0.717) is 16.5 Å². The number of H-pyrrole nitrogens is 1. The molecule has 0 saturated heterocycles. The molecule has 3 aromatic rings. The normalized spacial score (nSPS) is 11.5. The van der Waals surface area contributed by atoms with Crippen LogP contribution in [0, 0.1) is 0 Å². The number of methoxy groups -OCH3 is 1. The van der Waals surface area contributed by atoms with E-state index in [0.717, 1.165) is 5.56 Å². The molecule has 0 saturated carbocycles. The van der Waals surface area contributed by atoms with Gasteiger partial charge in [0.1, 0.15) is 0 Å². The molecule has 3 rings (SSSR count). The van der Waals surface area contributed by atoms with Gasteiger partial charge in [0.2, 0.25) is 0 Å². The molecule has 24 heavy (non-hydrogen) atoms. The van der Waals surface area contributed by atoms with E-state index in [2.05, 4.69) is 19.7 Å². The zero-order chi connectivity index (χ0) is 17.1. The summed E-state index contributed by atoms with van der Waals surface area (Å²) < 4.78 is 4.68. The summed E-state index contributed by atoms with van der Waals surface area (Å²) in [4.78, 5) is 34.8. The minimum Gasteiger partial charge on any atom is -0.465 e. The molecule has 0 spiro atoms. The Kier molecular flexibility index (Phi) is 4.39. The number of benzene rings is 1. The lowest BCUT2D eigenvalue weighted by molar-refractivity contribution is 0.0601.